The monoisotopic (exact) mass is 549 g/mol. The summed E-state index contributed by atoms with van der Waals surface area (Å²) in [5.41, 5.74) is 0.456. The molecule has 1 aliphatic heterocycles. The van der Waals surface area contributed by atoms with Crippen molar-refractivity contribution in [3.05, 3.63) is 23.0 Å². The minimum Gasteiger partial charge on any atom is -0.396 e. The first kappa shape index (κ1) is 29.3. The molecule has 2 heterocycles. The van der Waals surface area contributed by atoms with E-state index >= 15 is 0 Å². The zero-order valence-electron chi connectivity index (χ0n) is 23.1. The van der Waals surface area contributed by atoms with Crippen molar-refractivity contribution in [2.75, 3.05) is 44.2 Å². The normalized spacial score (nSPS) is 26.1. The number of carbonyl (C=O) groups is 1. The van der Waals surface area contributed by atoms with Crippen molar-refractivity contribution in [2.24, 2.45) is 23.7 Å². The van der Waals surface area contributed by atoms with Gasteiger partial charge >= 0.3 is 0 Å². The van der Waals surface area contributed by atoms with E-state index in [9.17, 15) is 9.18 Å². The Hall–Kier alpha value is -1.70. The molecule has 5 rings (SSSR count). The molecule has 0 amide bonds. The fraction of sp³-hybridized carbons (Fsp3) is 0.733. The number of nitrogens with zero attached hydrogens (tertiary/aromatic N) is 3. The van der Waals surface area contributed by atoms with E-state index in [2.05, 4.69) is 21.9 Å². The number of fused-ring (bicyclic) bond motifs is 1. The number of Topliss-reactive ketones (excluding diaryl/α,β-unsaturated/α-hetero) is 1. The number of aliphatic hydroxyl groups is 1. The summed E-state index contributed by atoms with van der Waals surface area (Å²) in [6, 6.07) is 2.94. The molecule has 1 saturated heterocycles. The van der Waals surface area contributed by atoms with Crippen LogP contribution in [0.15, 0.2) is 16.7 Å². The Morgan fingerprint density at radius 3 is 2.32 bits per heavy atom. The number of rotatable bonds is 9. The first-order valence-corrected chi connectivity index (χ1v) is 15.1. The first-order chi connectivity index (χ1) is 18.4. The molecule has 3 aliphatic rings. The molecule has 0 spiro atoms. The van der Waals surface area contributed by atoms with Gasteiger partial charge in [0.1, 0.15) is 11.6 Å². The fourth-order valence-corrected chi connectivity index (χ4v) is 6.67. The third-order valence-corrected chi connectivity index (χ3v) is 9.14. The lowest BCUT2D eigenvalue weighted by atomic mass is 9.73. The second kappa shape index (κ2) is 14.1. The second-order valence-corrected chi connectivity index (χ2v) is 12.3. The number of piperazine rings is 1. The lowest BCUT2D eigenvalue weighted by Crippen LogP contribution is -2.47. The topological polar surface area (TPSA) is 69.8 Å². The van der Waals surface area contributed by atoms with Crippen molar-refractivity contribution >= 4 is 34.2 Å². The Bertz CT molecular complexity index is 1030. The SMILES string of the molecule is CC(=O)CC1CC(CO)C1.CCCC1CCC(CCN2CCN(c3noc4cc(F)c(Cl)cc34)CC2)CC1. The van der Waals surface area contributed by atoms with Crippen LogP contribution in [0.25, 0.3) is 11.0 Å². The standard InChI is InChI=1S/C22H31ClFN3O.C8H14O2/c1-2-3-16-4-6-17(7-5-16)8-9-26-10-12-27(13-11-26)22-18-14-19(23)20(24)15-21(18)28-25-22;1-6(10)2-7-3-8(4-7)5-9/h14-17H,2-13H2,1H3;7-9H,2-5H2,1H3. The quantitative estimate of drug-likeness (QED) is 0.374. The molecule has 0 bridgehead atoms. The third-order valence-electron chi connectivity index (χ3n) is 8.85. The maximum Gasteiger partial charge on any atom is 0.180 e. The molecule has 1 N–H and O–H groups in total. The number of hydrogen-bond donors (Lipinski definition) is 1. The third kappa shape index (κ3) is 7.92. The number of benzene rings is 1. The van der Waals surface area contributed by atoms with E-state index in [-0.39, 0.29) is 10.8 Å². The summed E-state index contributed by atoms with van der Waals surface area (Å²) in [5, 5.41) is 13.7. The first-order valence-electron chi connectivity index (χ1n) is 14.7. The van der Waals surface area contributed by atoms with Gasteiger partial charge in [-0.1, -0.05) is 62.2 Å². The summed E-state index contributed by atoms with van der Waals surface area (Å²) in [5.74, 6) is 3.57. The van der Waals surface area contributed by atoms with Gasteiger partial charge in [0, 0.05) is 45.3 Å². The number of aromatic nitrogens is 1. The van der Waals surface area contributed by atoms with Crippen molar-refractivity contribution in [1.29, 1.82) is 0 Å². The molecular weight excluding hydrogens is 505 g/mol. The number of aliphatic hydroxyl groups excluding tert-OH is 1. The van der Waals surface area contributed by atoms with Crippen molar-refractivity contribution in [2.45, 2.75) is 78.1 Å². The zero-order valence-corrected chi connectivity index (χ0v) is 23.9. The van der Waals surface area contributed by atoms with Crippen molar-refractivity contribution < 1.29 is 18.8 Å². The van der Waals surface area contributed by atoms with Crippen LogP contribution in [-0.4, -0.2) is 60.3 Å². The Morgan fingerprint density at radius 1 is 1.05 bits per heavy atom. The Morgan fingerprint density at radius 2 is 1.71 bits per heavy atom. The molecular formula is C30H45ClFN3O3. The average molecular weight is 550 g/mol. The average Bonchev–Trinajstić information content (AvgIpc) is 3.29. The number of halogens is 2. The van der Waals surface area contributed by atoms with Gasteiger partial charge in [0.25, 0.3) is 0 Å². The molecule has 6 nitrogen and oxygen atoms in total. The van der Waals surface area contributed by atoms with Crippen LogP contribution in [0.2, 0.25) is 5.02 Å². The van der Waals surface area contributed by atoms with Crippen molar-refractivity contribution in [3.63, 3.8) is 0 Å². The van der Waals surface area contributed by atoms with E-state index in [1.54, 1.807) is 13.0 Å². The lowest BCUT2D eigenvalue weighted by molar-refractivity contribution is -0.119. The number of anilines is 1. The van der Waals surface area contributed by atoms with Crippen LogP contribution in [0.1, 0.15) is 78.1 Å². The van der Waals surface area contributed by atoms with Crippen LogP contribution in [0, 0.1) is 29.5 Å². The molecule has 2 aliphatic carbocycles. The molecule has 212 valence electrons. The summed E-state index contributed by atoms with van der Waals surface area (Å²) in [6.07, 6.45) is 12.6. The predicted octanol–water partition coefficient (Wildman–Crippen LogP) is 6.72. The van der Waals surface area contributed by atoms with E-state index in [0.717, 1.165) is 68.5 Å². The van der Waals surface area contributed by atoms with E-state index in [0.29, 0.717) is 24.0 Å². The van der Waals surface area contributed by atoms with Gasteiger partial charge in [0.05, 0.1) is 10.4 Å². The summed E-state index contributed by atoms with van der Waals surface area (Å²) >= 11 is 5.95. The van der Waals surface area contributed by atoms with E-state index in [1.807, 2.05) is 0 Å². The van der Waals surface area contributed by atoms with Crippen LogP contribution < -0.4 is 4.90 Å². The number of hydrogen-bond acceptors (Lipinski definition) is 6. The molecule has 0 atom stereocenters. The van der Waals surface area contributed by atoms with E-state index in [4.69, 9.17) is 21.2 Å². The molecule has 2 saturated carbocycles. The highest BCUT2D eigenvalue weighted by molar-refractivity contribution is 6.31. The van der Waals surface area contributed by atoms with Gasteiger partial charge in [0.15, 0.2) is 11.4 Å². The summed E-state index contributed by atoms with van der Waals surface area (Å²) in [4.78, 5) is 15.4. The Balaban J connectivity index is 0.000000283. The van der Waals surface area contributed by atoms with Crippen molar-refractivity contribution in [1.82, 2.24) is 10.1 Å². The Kier molecular flexibility index (Phi) is 10.9. The molecule has 38 heavy (non-hydrogen) atoms. The summed E-state index contributed by atoms with van der Waals surface area (Å²) < 4.78 is 18.9. The van der Waals surface area contributed by atoms with Gasteiger partial charge in [-0.05, 0) is 62.5 Å². The van der Waals surface area contributed by atoms with Crippen LogP contribution >= 0.6 is 11.6 Å². The molecule has 0 unspecified atom stereocenters. The van der Waals surface area contributed by atoms with Crippen LogP contribution in [0.4, 0.5) is 10.2 Å². The lowest BCUT2D eigenvalue weighted by Gasteiger charge is -2.36. The molecule has 2 aromatic rings. The van der Waals surface area contributed by atoms with Crippen LogP contribution in [-0.2, 0) is 4.79 Å². The van der Waals surface area contributed by atoms with Gasteiger partial charge in [-0.25, -0.2) is 4.39 Å². The summed E-state index contributed by atoms with van der Waals surface area (Å²) in [7, 11) is 0. The molecule has 3 fully saturated rings. The van der Waals surface area contributed by atoms with Crippen molar-refractivity contribution in [3.8, 4) is 0 Å². The summed E-state index contributed by atoms with van der Waals surface area (Å²) in [6.45, 7) is 9.34. The van der Waals surface area contributed by atoms with Gasteiger partial charge in [-0.15, -0.1) is 0 Å². The minimum atomic E-state index is -0.467. The van der Waals surface area contributed by atoms with E-state index in [1.165, 1.54) is 57.6 Å². The largest absolute Gasteiger partial charge is 0.396 e. The predicted molar refractivity (Wildman–Crippen MR) is 151 cm³/mol. The van der Waals surface area contributed by atoms with E-state index < -0.39 is 5.82 Å². The van der Waals surface area contributed by atoms with Gasteiger partial charge in [-0.2, -0.15) is 0 Å². The number of carbonyl (C=O) groups excluding carboxylic acids is 1. The molecule has 0 radical (unpaired) electrons. The fourth-order valence-electron chi connectivity index (χ4n) is 6.51. The molecule has 1 aromatic carbocycles. The van der Waals surface area contributed by atoms with Gasteiger partial charge < -0.3 is 19.3 Å². The minimum absolute atomic E-state index is 0.115. The highest BCUT2D eigenvalue weighted by Crippen LogP contribution is 2.36. The van der Waals surface area contributed by atoms with Gasteiger partial charge in [-0.3, -0.25) is 4.90 Å². The molecule has 1 aromatic heterocycles. The zero-order chi connectivity index (χ0) is 27.1. The smallest absolute Gasteiger partial charge is 0.180 e. The van der Waals surface area contributed by atoms with Gasteiger partial charge in [0.2, 0.25) is 0 Å². The highest BCUT2D eigenvalue weighted by Gasteiger charge is 2.29. The molecule has 8 heteroatoms. The van der Waals surface area contributed by atoms with Crippen LogP contribution in [0.3, 0.4) is 0 Å². The highest BCUT2D eigenvalue weighted by atomic mass is 35.5. The van der Waals surface area contributed by atoms with Crippen LogP contribution in [0.5, 0.6) is 0 Å². The Labute approximate surface area is 231 Å². The maximum absolute atomic E-state index is 13.6. The second-order valence-electron chi connectivity index (χ2n) is 11.9. The maximum atomic E-state index is 13.6. The number of ketones is 1.